The van der Waals surface area contributed by atoms with Crippen LogP contribution in [0.2, 0.25) is 0 Å². The maximum atomic E-state index is 12.5. The number of rotatable bonds is 5. The van der Waals surface area contributed by atoms with E-state index in [9.17, 15) is 4.79 Å². The molecule has 118 valence electrons. The Hall–Kier alpha value is -1.73. The molecule has 22 heavy (non-hydrogen) atoms. The minimum Gasteiger partial charge on any atom is -0.337 e. The number of carbonyl (C=O) groups excluding carboxylic acids is 1. The molecule has 3 heterocycles. The molecule has 0 unspecified atom stereocenters. The molecule has 1 N–H and O–H groups in total. The van der Waals surface area contributed by atoms with Gasteiger partial charge in [0.25, 0.3) is 5.91 Å². The maximum Gasteiger partial charge on any atom is 0.276 e. The third kappa shape index (κ3) is 3.53. The summed E-state index contributed by atoms with van der Waals surface area (Å²) in [5.74, 6) is 0.670. The van der Waals surface area contributed by atoms with Crippen LogP contribution in [0.1, 0.15) is 28.2 Å². The van der Waals surface area contributed by atoms with Crippen LogP contribution in [0.15, 0.2) is 23.7 Å². The lowest BCUT2D eigenvalue weighted by atomic mass is 9.97. The van der Waals surface area contributed by atoms with Crippen molar-refractivity contribution in [2.45, 2.75) is 19.4 Å². The summed E-state index contributed by atoms with van der Waals surface area (Å²) in [6, 6.07) is 4.07. The number of nitrogens with one attached hydrogen (secondary N) is 1. The summed E-state index contributed by atoms with van der Waals surface area (Å²) in [5, 5.41) is 13.4. The van der Waals surface area contributed by atoms with Crippen LogP contribution in [0.4, 0.5) is 0 Å². The lowest BCUT2D eigenvalue weighted by molar-refractivity contribution is 0.0685. The summed E-state index contributed by atoms with van der Waals surface area (Å²) in [4.78, 5) is 15.6. The van der Waals surface area contributed by atoms with Gasteiger partial charge >= 0.3 is 0 Å². The zero-order chi connectivity index (χ0) is 15.4. The van der Waals surface area contributed by atoms with E-state index in [0.717, 1.165) is 32.5 Å². The Morgan fingerprint density at radius 2 is 2.27 bits per heavy atom. The van der Waals surface area contributed by atoms with Gasteiger partial charge in [0.2, 0.25) is 0 Å². The van der Waals surface area contributed by atoms with Crippen LogP contribution in [0.3, 0.4) is 0 Å². The number of hydrogen-bond acceptors (Lipinski definition) is 5. The number of thiophene rings is 1. The minimum atomic E-state index is 0.000312. The fourth-order valence-corrected chi connectivity index (χ4v) is 3.52. The highest BCUT2D eigenvalue weighted by Gasteiger charge is 2.24. The summed E-state index contributed by atoms with van der Waals surface area (Å²) in [7, 11) is 1.98. The van der Waals surface area contributed by atoms with Gasteiger partial charge in [0.15, 0.2) is 5.69 Å². The molecule has 3 rings (SSSR count). The molecule has 1 aliphatic rings. The zero-order valence-electron chi connectivity index (χ0n) is 12.7. The molecule has 2 aromatic heterocycles. The summed E-state index contributed by atoms with van der Waals surface area (Å²) in [6.45, 7) is 3.31. The first-order valence-electron chi connectivity index (χ1n) is 7.62. The first-order chi connectivity index (χ1) is 10.8. The van der Waals surface area contributed by atoms with Crippen LogP contribution >= 0.6 is 11.3 Å². The van der Waals surface area contributed by atoms with Crippen molar-refractivity contribution in [1.82, 2.24) is 25.2 Å². The van der Waals surface area contributed by atoms with Gasteiger partial charge in [0.1, 0.15) is 0 Å². The third-order valence-corrected chi connectivity index (χ3v) is 4.91. The van der Waals surface area contributed by atoms with E-state index in [2.05, 4.69) is 21.7 Å². The Balaban J connectivity index is 1.58. The van der Waals surface area contributed by atoms with Gasteiger partial charge in [0.05, 0.1) is 12.7 Å². The molecule has 1 aliphatic heterocycles. The van der Waals surface area contributed by atoms with Crippen molar-refractivity contribution in [2.24, 2.45) is 5.92 Å². The second kappa shape index (κ2) is 7.02. The van der Waals surface area contributed by atoms with Crippen molar-refractivity contribution < 1.29 is 4.79 Å². The molecule has 0 bridgehead atoms. The van der Waals surface area contributed by atoms with Crippen molar-refractivity contribution >= 4 is 17.2 Å². The van der Waals surface area contributed by atoms with E-state index < -0.39 is 0 Å². The van der Waals surface area contributed by atoms with E-state index in [4.69, 9.17) is 0 Å². The molecule has 6 nitrogen and oxygen atoms in total. The smallest absolute Gasteiger partial charge is 0.276 e. The standard InChI is InChI=1S/C15H21N5OS/c1-16-9-12-4-6-19(7-5-12)15(21)14-11-20(18-17-14)10-13-3-2-8-22-13/h2-3,8,11-12,16H,4-7,9-10H2,1H3. The molecule has 0 radical (unpaired) electrons. The van der Waals surface area contributed by atoms with Crippen molar-refractivity contribution in [1.29, 1.82) is 0 Å². The lowest BCUT2D eigenvalue weighted by Gasteiger charge is -2.31. The molecule has 0 spiro atoms. The van der Waals surface area contributed by atoms with Crippen LogP contribution in [-0.4, -0.2) is 52.5 Å². The van der Waals surface area contributed by atoms with Crippen molar-refractivity contribution in [3.63, 3.8) is 0 Å². The second-order valence-corrected chi connectivity index (χ2v) is 6.71. The molecule has 7 heteroatoms. The number of carbonyl (C=O) groups is 1. The molecule has 0 atom stereocenters. The van der Waals surface area contributed by atoms with Crippen LogP contribution in [0.5, 0.6) is 0 Å². The van der Waals surface area contributed by atoms with E-state index in [0.29, 0.717) is 18.2 Å². The SMILES string of the molecule is CNCC1CCN(C(=O)c2cn(Cc3cccs3)nn2)CC1. The van der Waals surface area contributed by atoms with Gasteiger partial charge in [-0.15, -0.1) is 16.4 Å². The highest BCUT2D eigenvalue weighted by atomic mass is 32.1. The average Bonchev–Trinajstić information content (AvgIpc) is 3.20. The molecule has 1 saturated heterocycles. The molecular formula is C15H21N5OS. The van der Waals surface area contributed by atoms with Gasteiger partial charge in [-0.1, -0.05) is 11.3 Å². The average molecular weight is 319 g/mol. The van der Waals surface area contributed by atoms with Crippen LogP contribution in [0.25, 0.3) is 0 Å². The molecule has 0 saturated carbocycles. The summed E-state index contributed by atoms with van der Waals surface area (Å²) in [6.07, 6.45) is 3.85. The lowest BCUT2D eigenvalue weighted by Crippen LogP contribution is -2.40. The highest BCUT2D eigenvalue weighted by Crippen LogP contribution is 2.18. The number of piperidine rings is 1. The van der Waals surface area contributed by atoms with E-state index >= 15 is 0 Å². The van der Waals surface area contributed by atoms with Gasteiger partial charge in [-0.05, 0) is 43.8 Å². The number of aromatic nitrogens is 3. The summed E-state index contributed by atoms with van der Waals surface area (Å²) < 4.78 is 1.73. The van der Waals surface area contributed by atoms with Crippen LogP contribution in [-0.2, 0) is 6.54 Å². The molecule has 0 aliphatic carbocycles. The quantitative estimate of drug-likeness (QED) is 0.906. The summed E-state index contributed by atoms with van der Waals surface area (Å²) >= 11 is 1.68. The topological polar surface area (TPSA) is 63.1 Å². The van der Waals surface area contributed by atoms with Crippen LogP contribution < -0.4 is 5.32 Å². The predicted octanol–water partition coefficient (Wildman–Crippen LogP) is 1.46. The Morgan fingerprint density at radius 3 is 2.95 bits per heavy atom. The van der Waals surface area contributed by atoms with E-state index in [1.807, 2.05) is 23.4 Å². The van der Waals surface area contributed by atoms with Gasteiger partial charge < -0.3 is 10.2 Å². The molecule has 0 aromatic carbocycles. The van der Waals surface area contributed by atoms with Crippen LogP contribution in [0, 0.1) is 5.92 Å². The number of hydrogen-bond donors (Lipinski definition) is 1. The Kier molecular flexibility index (Phi) is 4.84. The summed E-state index contributed by atoms with van der Waals surface area (Å²) in [5.41, 5.74) is 0.448. The molecular weight excluding hydrogens is 298 g/mol. The maximum absolute atomic E-state index is 12.5. The third-order valence-electron chi connectivity index (χ3n) is 4.05. The molecule has 2 aromatic rings. The zero-order valence-corrected chi connectivity index (χ0v) is 13.6. The van der Waals surface area contributed by atoms with Gasteiger partial charge in [-0.3, -0.25) is 4.79 Å². The minimum absolute atomic E-state index is 0.000312. The Labute approximate surface area is 134 Å². The molecule has 1 amide bonds. The van der Waals surface area contributed by atoms with E-state index in [1.165, 1.54) is 4.88 Å². The largest absolute Gasteiger partial charge is 0.337 e. The van der Waals surface area contributed by atoms with Gasteiger partial charge in [0, 0.05) is 18.0 Å². The normalized spacial score (nSPS) is 16.1. The second-order valence-electron chi connectivity index (χ2n) is 5.67. The number of amides is 1. The van der Waals surface area contributed by atoms with Crippen molar-refractivity contribution in [2.75, 3.05) is 26.7 Å². The first kappa shape index (κ1) is 15.2. The van der Waals surface area contributed by atoms with Crippen molar-refractivity contribution in [3.05, 3.63) is 34.3 Å². The van der Waals surface area contributed by atoms with E-state index in [1.54, 1.807) is 22.2 Å². The van der Waals surface area contributed by atoms with E-state index in [-0.39, 0.29) is 5.91 Å². The Bertz CT molecular complexity index is 601. The Morgan fingerprint density at radius 1 is 1.45 bits per heavy atom. The van der Waals surface area contributed by atoms with Gasteiger partial charge in [-0.25, -0.2) is 4.68 Å². The number of nitrogens with zero attached hydrogens (tertiary/aromatic N) is 4. The molecule has 1 fully saturated rings. The predicted molar refractivity (Wildman–Crippen MR) is 86.0 cm³/mol. The fraction of sp³-hybridized carbons (Fsp3) is 0.533. The first-order valence-corrected chi connectivity index (χ1v) is 8.50. The monoisotopic (exact) mass is 319 g/mol. The highest BCUT2D eigenvalue weighted by molar-refractivity contribution is 7.09. The fourth-order valence-electron chi connectivity index (χ4n) is 2.83. The number of likely N-dealkylation sites (tertiary alicyclic amines) is 1. The van der Waals surface area contributed by atoms with Gasteiger partial charge in [-0.2, -0.15) is 0 Å². The van der Waals surface area contributed by atoms with Crippen molar-refractivity contribution in [3.8, 4) is 0 Å².